The molecule has 2 aromatic carbocycles. The highest BCUT2D eigenvalue weighted by Crippen LogP contribution is 2.24. The first-order chi connectivity index (χ1) is 15.4. The molecule has 0 saturated carbocycles. The minimum atomic E-state index is -0.322. The summed E-state index contributed by atoms with van der Waals surface area (Å²) in [7, 11) is 0. The summed E-state index contributed by atoms with van der Waals surface area (Å²) in [5.41, 5.74) is 3.64. The molecule has 7 nitrogen and oxygen atoms in total. The van der Waals surface area contributed by atoms with Crippen LogP contribution in [0.5, 0.6) is 0 Å². The third-order valence-electron chi connectivity index (χ3n) is 5.17. The first-order valence-electron chi connectivity index (χ1n) is 10.7. The molecular weight excluding hydrogens is 422 g/mol. The topological polar surface area (TPSA) is 88.9 Å². The van der Waals surface area contributed by atoms with Gasteiger partial charge in [0.25, 0.3) is 5.91 Å². The highest BCUT2D eigenvalue weighted by molar-refractivity contribution is 7.99. The molecule has 0 aliphatic rings. The second-order valence-corrected chi connectivity index (χ2v) is 8.39. The summed E-state index contributed by atoms with van der Waals surface area (Å²) < 4.78 is 1.93. The predicted molar refractivity (Wildman–Crippen MR) is 128 cm³/mol. The molecular formula is C24H29N5O2S. The Balaban J connectivity index is 1.65. The molecule has 2 N–H and O–H groups in total. The number of aryl methyl sites for hydroxylation is 2. The molecule has 1 unspecified atom stereocenters. The lowest BCUT2D eigenvalue weighted by molar-refractivity contribution is -0.113. The highest BCUT2D eigenvalue weighted by atomic mass is 32.2. The van der Waals surface area contributed by atoms with Gasteiger partial charge in [-0.3, -0.25) is 9.59 Å². The van der Waals surface area contributed by atoms with Crippen molar-refractivity contribution in [2.45, 2.75) is 51.9 Å². The van der Waals surface area contributed by atoms with Gasteiger partial charge in [-0.2, -0.15) is 0 Å². The van der Waals surface area contributed by atoms with Crippen molar-refractivity contribution in [1.29, 1.82) is 0 Å². The molecule has 0 saturated heterocycles. The van der Waals surface area contributed by atoms with E-state index in [1.807, 2.05) is 61.7 Å². The molecule has 0 fully saturated rings. The Morgan fingerprint density at radius 3 is 2.50 bits per heavy atom. The molecule has 2 amide bonds. The standard InChI is InChI=1S/C24H29N5O2S/c1-5-18-14-10-11-16(3)21(18)26-20(30)15-32-24-28-27-22(29(24)6-2)17(4)25-23(31)19-12-8-7-9-13-19/h7-14,17H,5-6,15H2,1-4H3,(H,25,31)(H,26,30). The average Bonchev–Trinajstić information content (AvgIpc) is 3.22. The van der Waals surface area contributed by atoms with Crippen molar-refractivity contribution in [2.75, 3.05) is 11.1 Å². The lowest BCUT2D eigenvalue weighted by Gasteiger charge is -2.15. The summed E-state index contributed by atoms with van der Waals surface area (Å²) in [6, 6.07) is 14.8. The Hall–Kier alpha value is -3.13. The van der Waals surface area contributed by atoms with E-state index in [0.29, 0.717) is 23.1 Å². The molecule has 0 aliphatic carbocycles. The summed E-state index contributed by atoms with van der Waals surface area (Å²) in [6.07, 6.45) is 0.852. The van der Waals surface area contributed by atoms with Crippen LogP contribution in [-0.4, -0.2) is 32.3 Å². The number of rotatable bonds is 9. The lowest BCUT2D eigenvalue weighted by atomic mass is 10.1. The lowest BCUT2D eigenvalue weighted by Crippen LogP contribution is -2.28. The summed E-state index contributed by atoms with van der Waals surface area (Å²) in [5.74, 6) is 0.631. The number of nitrogens with zero attached hydrogens (tertiary/aromatic N) is 3. The molecule has 1 atom stereocenters. The Labute approximate surface area is 193 Å². The molecule has 1 heterocycles. The smallest absolute Gasteiger partial charge is 0.251 e. The Bertz CT molecular complexity index is 1080. The molecule has 1 aromatic heterocycles. The number of hydrogen-bond donors (Lipinski definition) is 2. The second kappa shape index (κ2) is 10.9. The maximum absolute atomic E-state index is 12.6. The van der Waals surface area contributed by atoms with E-state index in [-0.39, 0.29) is 23.6 Å². The van der Waals surface area contributed by atoms with E-state index in [1.54, 1.807) is 12.1 Å². The third kappa shape index (κ3) is 5.56. The number of thioether (sulfide) groups is 1. The van der Waals surface area contributed by atoms with E-state index in [9.17, 15) is 9.59 Å². The van der Waals surface area contributed by atoms with E-state index >= 15 is 0 Å². The summed E-state index contributed by atoms with van der Waals surface area (Å²) >= 11 is 1.34. The molecule has 3 aromatic rings. The minimum Gasteiger partial charge on any atom is -0.342 e. The monoisotopic (exact) mass is 451 g/mol. The van der Waals surface area contributed by atoms with Crippen molar-refractivity contribution >= 4 is 29.3 Å². The summed E-state index contributed by atoms with van der Waals surface area (Å²) in [4.78, 5) is 25.1. The maximum atomic E-state index is 12.6. The first-order valence-corrected chi connectivity index (χ1v) is 11.7. The molecule has 0 aliphatic heterocycles. The zero-order chi connectivity index (χ0) is 23.1. The zero-order valence-corrected chi connectivity index (χ0v) is 19.7. The predicted octanol–water partition coefficient (Wildman–Crippen LogP) is 4.39. The van der Waals surface area contributed by atoms with Gasteiger partial charge in [-0.15, -0.1) is 10.2 Å². The van der Waals surface area contributed by atoms with Gasteiger partial charge in [0.1, 0.15) is 0 Å². The van der Waals surface area contributed by atoms with E-state index in [0.717, 1.165) is 23.2 Å². The van der Waals surface area contributed by atoms with Gasteiger partial charge in [-0.25, -0.2) is 0 Å². The van der Waals surface area contributed by atoms with Crippen molar-refractivity contribution < 1.29 is 9.59 Å². The van der Waals surface area contributed by atoms with Crippen LogP contribution in [0.3, 0.4) is 0 Å². The van der Waals surface area contributed by atoms with Crippen LogP contribution in [0.2, 0.25) is 0 Å². The number of carbonyl (C=O) groups excluding carboxylic acids is 2. The summed E-state index contributed by atoms with van der Waals surface area (Å²) in [5, 5.41) is 15.2. The van der Waals surface area contributed by atoms with Crippen molar-refractivity contribution in [1.82, 2.24) is 20.1 Å². The number of carbonyl (C=O) groups is 2. The van der Waals surface area contributed by atoms with E-state index < -0.39 is 0 Å². The minimum absolute atomic E-state index is 0.0865. The fraction of sp³-hybridized carbons (Fsp3) is 0.333. The van der Waals surface area contributed by atoms with Gasteiger partial charge in [-0.1, -0.05) is 55.1 Å². The van der Waals surface area contributed by atoms with Crippen LogP contribution >= 0.6 is 11.8 Å². The van der Waals surface area contributed by atoms with Crippen molar-refractivity contribution in [3.8, 4) is 0 Å². The van der Waals surface area contributed by atoms with Crippen molar-refractivity contribution in [3.05, 3.63) is 71.0 Å². The molecule has 8 heteroatoms. The molecule has 0 spiro atoms. The van der Waals surface area contributed by atoms with Gasteiger partial charge in [0.2, 0.25) is 5.91 Å². The highest BCUT2D eigenvalue weighted by Gasteiger charge is 2.20. The maximum Gasteiger partial charge on any atom is 0.251 e. The van der Waals surface area contributed by atoms with Gasteiger partial charge < -0.3 is 15.2 Å². The van der Waals surface area contributed by atoms with Crippen LogP contribution < -0.4 is 10.6 Å². The quantitative estimate of drug-likeness (QED) is 0.471. The molecule has 32 heavy (non-hydrogen) atoms. The normalized spacial score (nSPS) is 11.8. The SMILES string of the molecule is CCc1cccc(C)c1NC(=O)CSc1nnc(C(C)NC(=O)c2ccccc2)n1CC. The van der Waals surface area contributed by atoms with Crippen LogP contribution in [0.4, 0.5) is 5.69 Å². The number of anilines is 1. The van der Waals surface area contributed by atoms with E-state index in [4.69, 9.17) is 0 Å². The fourth-order valence-electron chi connectivity index (χ4n) is 3.47. The van der Waals surface area contributed by atoms with Gasteiger partial charge in [0, 0.05) is 17.8 Å². The Morgan fingerprint density at radius 2 is 1.81 bits per heavy atom. The third-order valence-corrected chi connectivity index (χ3v) is 6.14. The van der Waals surface area contributed by atoms with Gasteiger partial charge in [-0.05, 0) is 50.5 Å². The molecule has 0 bridgehead atoms. The Morgan fingerprint density at radius 1 is 1.06 bits per heavy atom. The number of amides is 2. The fourth-order valence-corrected chi connectivity index (χ4v) is 4.28. The van der Waals surface area contributed by atoms with Gasteiger partial charge >= 0.3 is 0 Å². The van der Waals surface area contributed by atoms with Crippen LogP contribution in [-0.2, 0) is 17.8 Å². The zero-order valence-electron chi connectivity index (χ0n) is 18.9. The van der Waals surface area contributed by atoms with Crippen LogP contribution in [0, 0.1) is 6.92 Å². The average molecular weight is 452 g/mol. The van der Waals surface area contributed by atoms with Crippen molar-refractivity contribution in [2.24, 2.45) is 0 Å². The first kappa shape index (κ1) is 23.5. The van der Waals surface area contributed by atoms with E-state index in [2.05, 4.69) is 27.8 Å². The van der Waals surface area contributed by atoms with Crippen LogP contribution in [0.15, 0.2) is 53.7 Å². The van der Waals surface area contributed by atoms with Crippen LogP contribution in [0.1, 0.15) is 54.1 Å². The van der Waals surface area contributed by atoms with Gasteiger partial charge in [0.05, 0.1) is 11.8 Å². The number of para-hydroxylation sites is 1. The molecule has 0 radical (unpaired) electrons. The number of nitrogens with one attached hydrogen (secondary N) is 2. The van der Waals surface area contributed by atoms with Gasteiger partial charge in [0.15, 0.2) is 11.0 Å². The second-order valence-electron chi connectivity index (χ2n) is 7.45. The van der Waals surface area contributed by atoms with Crippen molar-refractivity contribution in [3.63, 3.8) is 0 Å². The Kier molecular flexibility index (Phi) is 8.05. The molecule has 3 rings (SSSR count). The number of benzene rings is 2. The van der Waals surface area contributed by atoms with Crippen LogP contribution in [0.25, 0.3) is 0 Å². The number of aromatic nitrogens is 3. The number of hydrogen-bond acceptors (Lipinski definition) is 5. The molecule has 168 valence electrons. The largest absolute Gasteiger partial charge is 0.342 e. The summed E-state index contributed by atoms with van der Waals surface area (Å²) in [6.45, 7) is 8.57. The van der Waals surface area contributed by atoms with E-state index in [1.165, 1.54) is 11.8 Å².